The predicted molar refractivity (Wildman–Crippen MR) is 72.6 cm³/mol. The van der Waals surface area contributed by atoms with Gasteiger partial charge in [0.25, 0.3) is 5.91 Å². The van der Waals surface area contributed by atoms with Crippen LogP contribution in [0.1, 0.15) is 34.7 Å². The minimum atomic E-state index is -0.540. The summed E-state index contributed by atoms with van der Waals surface area (Å²) in [6.07, 6.45) is 1.33. The fourth-order valence-electron chi connectivity index (χ4n) is 1.71. The van der Waals surface area contributed by atoms with E-state index in [1.54, 1.807) is 6.92 Å². The van der Waals surface area contributed by atoms with Crippen molar-refractivity contribution in [1.29, 1.82) is 0 Å². The molecule has 1 atom stereocenters. The van der Waals surface area contributed by atoms with Gasteiger partial charge in [-0.2, -0.15) is 5.10 Å². The van der Waals surface area contributed by atoms with Gasteiger partial charge >= 0.3 is 0 Å². The Labute approximate surface area is 120 Å². The van der Waals surface area contributed by atoms with Crippen LogP contribution in [0.4, 0.5) is 4.39 Å². The van der Waals surface area contributed by atoms with E-state index in [1.807, 2.05) is 0 Å². The van der Waals surface area contributed by atoms with Crippen molar-refractivity contribution >= 4 is 5.91 Å². The molecule has 2 aromatic rings. The van der Waals surface area contributed by atoms with Crippen molar-refractivity contribution in [3.63, 3.8) is 0 Å². The SMILES string of the molecule is CC(NC(=O)c1cc(F)ccc1C#CCO)c1ncn[nH]1. The summed E-state index contributed by atoms with van der Waals surface area (Å²) in [6.45, 7) is 1.38. The molecule has 0 fully saturated rings. The Hall–Kier alpha value is -2.72. The van der Waals surface area contributed by atoms with Crippen LogP contribution in [-0.4, -0.2) is 32.8 Å². The van der Waals surface area contributed by atoms with Gasteiger partial charge in [0, 0.05) is 5.56 Å². The summed E-state index contributed by atoms with van der Waals surface area (Å²) >= 11 is 0. The van der Waals surface area contributed by atoms with E-state index >= 15 is 0 Å². The highest BCUT2D eigenvalue weighted by Crippen LogP contribution is 2.13. The summed E-state index contributed by atoms with van der Waals surface area (Å²) in [5.41, 5.74) is 0.440. The van der Waals surface area contributed by atoms with E-state index in [9.17, 15) is 9.18 Å². The number of carbonyl (C=O) groups is 1. The molecule has 0 aliphatic carbocycles. The van der Waals surface area contributed by atoms with E-state index in [1.165, 1.54) is 18.5 Å². The molecule has 0 saturated heterocycles. The monoisotopic (exact) mass is 288 g/mol. The smallest absolute Gasteiger partial charge is 0.253 e. The molecule has 1 aromatic carbocycles. The van der Waals surface area contributed by atoms with E-state index in [0.717, 1.165) is 6.07 Å². The number of nitrogens with zero attached hydrogens (tertiary/aromatic N) is 2. The fourth-order valence-corrected chi connectivity index (χ4v) is 1.71. The zero-order valence-electron chi connectivity index (χ0n) is 11.2. The van der Waals surface area contributed by atoms with E-state index in [-0.39, 0.29) is 12.2 Å². The van der Waals surface area contributed by atoms with Crippen molar-refractivity contribution in [3.05, 3.63) is 47.3 Å². The molecule has 0 radical (unpaired) electrons. The maximum absolute atomic E-state index is 13.3. The molecule has 7 heteroatoms. The first-order valence-corrected chi connectivity index (χ1v) is 6.17. The van der Waals surface area contributed by atoms with Crippen LogP contribution < -0.4 is 5.32 Å². The second kappa shape index (κ2) is 6.63. The van der Waals surface area contributed by atoms with Gasteiger partial charge in [0.1, 0.15) is 24.6 Å². The molecule has 0 aliphatic rings. The van der Waals surface area contributed by atoms with E-state index in [4.69, 9.17) is 5.11 Å². The molecular weight excluding hydrogens is 275 g/mol. The van der Waals surface area contributed by atoms with Crippen molar-refractivity contribution in [2.45, 2.75) is 13.0 Å². The molecule has 1 unspecified atom stereocenters. The third-order valence-electron chi connectivity index (χ3n) is 2.72. The lowest BCUT2D eigenvalue weighted by Gasteiger charge is -2.12. The topological polar surface area (TPSA) is 90.9 Å². The van der Waals surface area contributed by atoms with Crippen molar-refractivity contribution in [2.24, 2.45) is 0 Å². The molecule has 108 valence electrons. The molecule has 6 nitrogen and oxygen atoms in total. The van der Waals surface area contributed by atoms with Gasteiger partial charge in [-0.1, -0.05) is 11.8 Å². The minimum absolute atomic E-state index is 0.0994. The Morgan fingerprint density at radius 2 is 2.38 bits per heavy atom. The Morgan fingerprint density at radius 1 is 1.57 bits per heavy atom. The largest absolute Gasteiger partial charge is 0.384 e. The number of carbonyl (C=O) groups excluding carboxylic acids is 1. The standard InChI is InChI=1S/C14H13FN4O2/c1-9(13-16-8-17-19-13)18-14(21)12-7-11(15)5-4-10(12)3-2-6-20/h4-5,7-9,20H,6H2,1H3,(H,18,21)(H,16,17,19). The number of hydrogen-bond acceptors (Lipinski definition) is 4. The molecule has 0 spiro atoms. The van der Waals surface area contributed by atoms with Gasteiger partial charge in [-0.3, -0.25) is 9.89 Å². The second-order valence-electron chi connectivity index (χ2n) is 4.22. The third-order valence-corrected chi connectivity index (χ3v) is 2.72. The first kappa shape index (κ1) is 14.7. The van der Waals surface area contributed by atoms with Crippen molar-refractivity contribution in [3.8, 4) is 11.8 Å². The maximum atomic E-state index is 13.3. The molecule has 1 amide bonds. The van der Waals surface area contributed by atoms with Crippen molar-refractivity contribution < 1.29 is 14.3 Å². The van der Waals surface area contributed by atoms with Crippen LogP contribution in [0.25, 0.3) is 0 Å². The van der Waals surface area contributed by atoms with Crippen molar-refractivity contribution in [1.82, 2.24) is 20.5 Å². The highest BCUT2D eigenvalue weighted by molar-refractivity contribution is 5.96. The summed E-state index contributed by atoms with van der Waals surface area (Å²) in [5, 5.41) is 17.7. The van der Waals surface area contributed by atoms with Gasteiger partial charge < -0.3 is 10.4 Å². The van der Waals surface area contributed by atoms with Crippen LogP contribution in [0.5, 0.6) is 0 Å². The molecule has 1 heterocycles. The molecule has 3 N–H and O–H groups in total. The van der Waals surface area contributed by atoms with Crippen molar-refractivity contribution in [2.75, 3.05) is 6.61 Å². The number of rotatable bonds is 3. The van der Waals surface area contributed by atoms with Gasteiger partial charge in [0.2, 0.25) is 0 Å². The normalized spacial score (nSPS) is 11.4. The summed E-state index contributed by atoms with van der Waals surface area (Å²) in [4.78, 5) is 16.2. The van der Waals surface area contributed by atoms with Crippen LogP contribution in [0.3, 0.4) is 0 Å². The first-order chi connectivity index (χ1) is 10.1. The number of halogens is 1. The zero-order valence-corrected chi connectivity index (χ0v) is 11.2. The number of nitrogens with one attached hydrogen (secondary N) is 2. The summed E-state index contributed by atoms with van der Waals surface area (Å²) in [6, 6.07) is 3.29. The number of H-pyrrole nitrogens is 1. The number of amides is 1. The van der Waals surface area contributed by atoms with Gasteiger partial charge in [-0.25, -0.2) is 9.37 Å². The molecule has 0 saturated carbocycles. The number of aromatic nitrogens is 3. The number of hydrogen-bond donors (Lipinski definition) is 3. The second-order valence-corrected chi connectivity index (χ2v) is 4.22. The Morgan fingerprint density at radius 3 is 3.05 bits per heavy atom. The molecular formula is C14H13FN4O2. The van der Waals surface area contributed by atoms with Gasteiger partial charge in [0.15, 0.2) is 0 Å². The molecule has 0 aliphatic heterocycles. The van der Waals surface area contributed by atoms with Crippen LogP contribution in [-0.2, 0) is 0 Å². The van der Waals surface area contributed by atoms with Crippen LogP contribution in [0, 0.1) is 17.7 Å². The summed E-state index contributed by atoms with van der Waals surface area (Å²) in [5.74, 6) is 4.51. The Bertz CT molecular complexity index is 689. The lowest BCUT2D eigenvalue weighted by Crippen LogP contribution is -2.28. The lowest BCUT2D eigenvalue weighted by molar-refractivity contribution is 0.0937. The molecule has 0 bridgehead atoms. The number of aromatic amines is 1. The van der Waals surface area contributed by atoms with Gasteiger partial charge in [0.05, 0.1) is 11.6 Å². The fraction of sp³-hybridized carbons (Fsp3) is 0.214. The average Bonchev–Trinajstić information content (AvgIpc) is 3.00. The van der Waals surface area contributed by atoms with E-state index in [0.29, 0.717) is 11.4 Å². The lowest BCUT2D eigenvalue weighted by atomic mass is 10.1. The zero-order chi connectivity index (χ0) is 15.2. The third kappa shape index (κ3) is 3.64. The quantitative estimate of drug-likeness (QED) is 0.728. The summed E-state index contributed by atoms with van der Waals surface area (Å²) < 4.78 is 13.3. The predicted octanol–water partition coefficient (Wildman–Crippen LogP) is 0.779. The summed E-state index contributed by atoms with van der Waals surface area (Å²) in [7, 11) is 0. The minimum Gasteiger partial charge on any atom is -0.384 e. The van der Waals surface area contributed by atoms with E-state index in [2.05, 4.69) is 32.3 Å². The maximum Gasteiger partial charge on any atom is 0.253 e. The van der Waals surface area contributed by atoms with Gasteiger partial charge in [-0.05, 0) is 25.1 Å². The average molecular weight is 288 g/mol. The Kier molecular flexibility index (Phi) is 4.64. The Balaban J connectivity index is 2.24. The van der Waals surface area contributed by atoms with Gasteiger partial charge in [-0.15, -0.1) is 0 Å². The first-order valence-electron chi connectivity index (χ1n) is 6.17. The number of aliphatic hydroxyl groups is 1. The highest BCUT2D eigenvalue weighted by atomic mass is 19.1. The van der Waals surface area contributed by atoms with Crippen LogP contribution in [0.15, 0.2) is 24.5 Å². The van der Waals surface area contributed by atoms with E-state index < -0.39 is 17.8 Å². The van der Waals surface area contributed by atoms with Crippen LogP contribution >= 0.6 is 0 Å². The molecule has 21 heavy (non-hydrogen) atoms. The van der Waals surface area contributed by atoms with Crippen LogP contribution in [0.2, 0.25) is 0 Å². The molecule has 1 aromatic heterocycles. The highest BCUT2D eigenvalue weighted by Gasteiger charge is 2.16. The number of aliphatic hydroxyl groups excluding tert-OH is 1. The molecule has 2 rings (SSSR count). The number of benzene rings is 1.